The van der Waals surface area contributed by atoms with Crippen LogP contribution in [0.3, 0.4) is 0 Å². The minimum atomic E-state index is -0.209. The van der Waals surface area contributed by atoms with Gasteiger partial charge in [-0.05, 0) is 50.3 Å². The second-order valence-electron chi connectivity index (χ2n) is 8.33. The van der Waals surface area contributed by atoms with Gasteiger partial charge in [-0.2, -0.15) is 0 Å². The number of nitrogens with one attached hydrogen (secondary N) is 1. The van der Waals surface area contributed by atoms with Crippen molar-refractivity contribution in [2.24, 2.45) is 0 Å². The molecule has 0 bridgehead atoms. The van der Waals surface area contributed by atoms with E-state index >= 15 is 0 Å². The van der Waals surface area contributed by atoms with Crippen LogP contribution in [-0.2, 0) is 13.0 Å². The number of piperazine rings is 1. The van der Waals surface area contributed by atoms with Gasteiger partial charge in [0.15, 0.2) is 0 Å². The summed E-state index contributed by atoms with van der Waals surface area (Å²) in [7, 11) is 0. The van der Waals surface area contributed by atoms with Crippen molar-refractivity contribution in [3.05, 3.63) is 46.2 Å². The van der Waals surface area contributed by atoms with Gasteiger partial charge in [-0.25, -0.2) is 0 Å². The zero-order valence-electron chi connectivity index (χ0n) is 16.5. The molecule has 6 nitrogen and oxygen atoms in total. The molecule has 2 N–H and O–H groups in total. The van der Waals surface area contributed by atoms with Crippen LogP contribution in [0.25, 0.3) is 0 Å². The SMILES string of the molecule is Cc1cc(Cc2nnc(C3CC(O)C3)o2)c(C)c(CN2CCN[C@@H](C)C2)c1. The van der Waals surface area contributed by atoms with E-state index in [9.17, 15) is 5.11 Å². The van der Waals surface area contributed by atoms with Crippen molar-refractivity contribution in [1.82, 2.24) is 20.4 Å². The van der Waals surface area contributed by atoms with E-state index in [1.54, 1.807) is 0 Å². The molecule has 2 heterocycles. The second kappa shape index (κ2) is 7.70. The summed E-state index contributed by atoms with van der Waals surface area (Å²) in [6.07, 6.45) is 1.93. The molecule has 0 spiro atoms. The van der Waals surface area contributed by atoms with Crippen LogP contribution in [0.1, 0.15) is 59.7 Å². The van der Waals surface area contributed by atoms with Gasteiger partial charge in [0.05, 0.1) is 12.5 Å². The molecule has 0 amide bonds. The molecular weight excluding hydrogens is 340 g/mol. The van der Waals surface area contributed by atoms with Crippen molar-refractivity contribution in [2.45, 2.75) is 64.6 Å². The lowest BCUT2D eigenvalue weighted by Crippen LogP contribution is -2.48. The van der Waals surface area contributed by atoms with E-state index in [0.29, 0.717) is 24.2 Å². The molecule has 1 aromatic carbocycles. The first-order valence-electron chi connectivity index (χ1n) is 10.0. The molecule has 1 saturated carbocycles. The van der Waals surface area contributed by atoms with Crippen LogP contribution in [-0.4, -0.2) is 52.0 Å². The smallest absolute Gasteiger partial charge is 0.220 e. The summed E-state index contributed by atoms with van der Waals surface area (Å²) in [4.78, 5) is 2.53. The molecule has 2 aliphatic rings. The van der Waals surface area contributed by atoms with Crippen LogP contribution in [0.15, 0.2) is 16.5 Å². The predicted molar refractivity (Wildman–Crippen MR) is 104 cm³/mol. The Hall–Kier alpha value is -1.76. The van der Waals surface area contributed by atoms with Crippen LogP contribution >= 0.6 is 0 Å². The largest absolute Gasteiger partial charge is 0.425 e. The lowest BCUT2D eigenvalue weighted by molar-refractivity contribution is 0.0644. The molecule has 1 aliphatic carbocycles. The number of aliphatic hydroxyl groups is 1. The molecular formula is C21H30N4O2. The number of rotatable bonds is 5. The molecule has 4 rings (SSSR count). The molecule has 2 aromatic rings. The molecule has 0 radical (unpaired) electrons. The van der Waals surface area contributed by atoms with Crippen LogP contribution < -0.4 is 5.32 Å². The van der Waals surface area contributed by atoms with Crippen molar-refractivity contribution in [1.29, 1.82) is 0 Å². The van der Waals surface area contributed by atoms with Gasteiger partial charge in [0.1, 0.15) is 0 Å². The average molecular weight is 370 g/mol. The normalized spacial score (nSPS) is 26.1. The van der Waals surface area contributed by atoms with E-state index in [1.165, 1.54) is 22.3 Å². The summed E-state index contributed by atoms with van der Waals surface area (Å²) in [5.74, 6) is 1.57. The minimum Gasteiger partial charge on any atom is -0.425 e. The highest BCUT2D eigenvalue weighted by molar-refractivity contribution is 5.39. The molecule has 1 aliphatic heterocycles. The number of aryl methyl sites for hydroxylation is 1. The summed E-state index contributed by atoms with van der Waals surface area (Å²) in [5.41, 5.74) is 5.25. The maximum Gasteiger partial charge on any atom is 0.220 e. The number of hydrogen-bond donors (Lipinski definition) is 2. The zero-order chi connectivity index (χ0) is 19.0. The van der Waals surface area contributed by atoms with Crippen LogP contribution in [0, 0.1) is 13.8 Å². The number of aliphatic hydroxyl groups excluding tert-OH is 1. The third kappa shape index (κ3) is 4.23. The quantitative estimate of drug-likeness (QED) is 0.841. The highest BCUT2D eigenvalue weighted by Gasteiger charge is 2.32. The van der Waals surface area contributed by atoms with Gasteiger partial charge in [0, 0.05) is 38.1 Å². The van der Waals surface area contributed by atoms with Crippen LogP contribution in [0.4, 0.5) is 0 Å². The summed E-state index contributed by atoms with van der Waals surface area (Å²) in [6, 6.07) is 5.08. The highest BCUT2D eigenvalue weighted by atomic mass is 16.4. The topological polar surface area (TPSA) is 74.4 Å². The summed E-state index contributed by atoms with van der Waals surface area (Å²) in [6.45, 7) is 10.8. The third-order valence-corrected chi connectivity index (χ3v) is 5.90. The van der Waals surface area contributed by atoms with Gasteiger partial charge < -0.3 is 14.8 Å². The number of benzene rings is 1. The summed E-state index contributed by atoms with van der Waals surface area (Å²) >= 11 is 0. The van der Waals surface area contributed by atoms with E-state index in [1.807, 2.05) is 0 Å². The molecule has 1 aromatic heterocycles. The maximum absolute atomic E-state index is 9.47. The highest BCUT2D eigenvalue weighted by Crippen LogP contribution is 2.36. The van der Waals surface area contributed by atoms with Gasteiger partial charge >= 0.3 is 0 Å². The Morgan fingerprint density at radius 1 is 1.22 bits per heavy atom. The molecule has 0 unspecified atom stereocenters. The summed E-state index contributed by atoms with van der Waals surface area (Å²) in [5, 5.41) is 21.4. The van der Waals surface area contributed by atoms with Crippen molar-refractivity contribution < 1.29 is 9.52 Å². The molecule has 2 fully saturated rings. The Bertz CT molecular complexity index is 797. The Morgan fingerprint density at radius 2 is 2.00 bits per heavy atom. The lowest BCUT2D eigenvalue weighted by atomic mass is 9.82. The van der Waals surface area contributed by atoms with Crippen molar-refractivity contribution in [3.8, 4) is 0 Å². The van der Waals surface area contributed by atoms with E-state index in [2.05, 4.69) is 53.3 Å². The molecule has 1 saturated heterocycles. The lowest BCUT2D eigenvalue weighted by Gasteiger charge is -2.32. The van der Waals surface area contributed by atoms with Gasteiger partial charge in [-0.3, -0.25) is 4.90 Å². The van der Waals surface area contributed by atoms with Gasteiger partial charge in [-0.15, -0.1) is 10.2 Å². The van der Waals surface area contributed by atoms with Gasteiger partial charge in [0.25, 0.3) is 0 Å². The van der Waals surface area contributed by atoms with E-state index < -0.39 is 0 Å². The van der Waals surface area contributed by atoms with E-state index in [4.69, 9.17) is 4.42 Å². The van der Waals surface area contributed by atoms with Crippen LogP contribution in [0.2, 0.25) is 0 Å². The van der Waals surface area contributed by atoms with Crippen LogP contribution in [0.5, 0.6) is 0 Å². The van der Waals surface area contributed by atoms with Crippen molar-refractivity contribution >= 4 is 0 Å². The first-order chi connectivity index (χ1) is 13.0. The second-order valence-corrected chi connectivity index (χ2v) is 8.33. The first kappa shape index (κ1) is 18.6. The monoisotopic (exact) mass is 370 g/mol. The fourth-order valence-corrected chi connectivity index (χ4v) is 4.21. The number of hydrogen-bond acceptors (Lipinski definition) is 6. The van der Waals surface area contributed by atoms with E-state index in [0.717, 1.165) is 39.0 Å². The first-order valence-corrected chi connectivity index (χ1v) is 10.0. The van der Waals surface area contributed by atoms with Gasteiger partial charge in [0.2, 0.25) is 11.8 Å². The Labute approximate surface area is 161 Å². The molecule has 27 heavy (non-hydrogen) atoms. The third-order valence-electron chi connectivity index (χ3n) is 5.90. The Morgan fingerprint density at radius 3 is 2.74 bits per heavy atom. The number of nitrogens with zero attached hydrogens (tertiary/aromatic N) is 3. The Kier molecular flexibility index (Phi) is 5.30. The summed E-state index contributed by atoms with van der Waals surface area (Å²) < 4.78 is 5.89. The molecule has 146 valence electrons. The minimum absolute atomic E-state index is 0.209. The maximum atomic E-state index is 9.47. The van der Waals surface area contributed by atoms with Gasteiger partial charge in [-0.1, -0.05) is 17.7 Å². The predicted octanol–water partition coefficient (Wildman–Crippen LogP) is 2.31. The Balaban J connectivity index is 1.48. The fourth-order valence-electron chi connectivity index (χ4n) is 4.21. The zero-order valence-corrected chi connectivity index (χ0v) is 16.5. The van der Waals surface area contributed by atoms with Crippen molar-refractivity contribution in [3.63, 3.8) is 0 Å². The van der Waals surface area contributed by atoms with E-state index in [-0.39, 0.29) is 12.0 Å². The van der Waals surface area contributed by atoms with Crippen molar-refractivity contribution in [2.75, 3.05) is 19.6 Å². The average Bonchev–Trinajstić information content (AvgIpc) is 3.04. The fraction of sp³-hybridized carbons (Fsp3) is 0.619. The number of aromatic nitrogens is 2. The standard InChI is InChI=1S/C21H30N4O2/c1-13-6-16(10-20-23-24-21(27-20)17-8-19(26)9-17)15(3)18(7-13)12-25-5-4-22-14(2)11-25/h6-7,14,17,19,22,26H,4-5,8-12H2,1-3H3/t14-,17?,19?/m0/s1. The molecule has 1 atom stereocenters. The molecule has 6 heteroatoms.